The largest absolute Gasteiger partial charge is 0.332 e. The second-order valence-corrected chi connectivity index (χ2v) is 8.40. The van der Waals surface area contributed by atoms with Crippen LogP contribution in [0.4, 0.5) is 4.79 Å². The maximum Gasteiger partial charge on any atom is 0.317 e. The molecule has 27 heavy (non-hydrogen) atoms. The number of nitrogens with two attached hydrogens (primary N) is 1. The number of likely N-dealkylation sites (tertiary alicyclic amines) is 1. The van der Waals surface area contributed by atoms with Crippen LogP contribution in [0, 0.1) is 13.8 Å². The molecule has 0 bridgehead atoms. The van der Waals surface area contributed by atoms with E-state index in [1.54, 1.807) is 18.9 Å². The zero-order valence-corrected chi connectivity index (χ0v) is 16.5. The van der Waals surface area contributed by atoms with E-state index >= 15 is 0 Å². The Balaban J connectivity index is 1.60. The van der Waals surface area contributed by atoms with Crippen molar-refractivity contribution in [1.82, 2.24) is 29.8 Å². The molecule has 2 amide bonds. The minimum Gasteiger partial charge on any atom is -0.332 e. The van der Waals surface area contributed by atoms with Gasteiger partial charge in [-0.3, -0.25) is 9.36 Å². The maximum absolute atomic E-state index is 12.5. The highest BCUT2D eigenvalue weighted by atomic mass is 32.2. The number of hydrogen-bond donors (Lipinski definition) is 2. The summed E-state index contributed by atoms with van der Waals surface area (Å²) < 4.78 is 27.0. The van der Waals surface area contributed by atoms with E-state index in [1.165, 1.54) is 4.68 Å². The Morgan fingerprint density at radius 1 is 1.33 bits per heavy atom. The van der Waals surface area contributed by atoms with E-state index in [1.807, 2.05) is 24.0 Å². The summed E-state index contributed by atoms with van der Waals surface area (Å²) in [5, 5.41) is 16.5. The van der Waals surface area contributed by atoms with Crippen molar-refractivity contribution < 1.29 is 13.2 Å². The third-order valence-corrected chi connectivity index (χ3v) is 5.93. The molecule has 0 unspecified atom stereocenters. The molecule has 3 N–H and O–H groups in total. The van der Waals surface area contributed by atoms with Crippen molar-refractivity contribution in [3.63, 3.8) is 0 Å². The first-order chi connectivity index (χ1) is 12.7. The van der Waals surface area contributed by atoms with Gasteiger partial charge in [-0.25, -0.2) is 18.4 Å². The SMILES string of the molecule is Cc1cnn(C2CCN(C(=O)NCc3c(S(N)(=O)=O)c(C)nn3C)CC2)c1. The minimum atomic E-state index is -3.91. The Morgan fingerprint density at radius 3 is 2.56 bits per heavy atom. The number of carbonyl (C=O) groups is 1. The first-order valence-corrected chi connectivity index (χ1v) is 10.3. The molecule has 2 aromatic heterocycles. The monoisotopic (exact) mass is 395 g/mol. The highest BCUT2D eigenvalue weighted by molar-refractivity contribution is 7.89. The summed E-state index contributed by atoms with van der Waals surface area (Å²) in [6, 6.07) is 0.0563. The van der Waals surface area contributed by atoms with Gasteiger partial charge >= 0.3 is 6.03 Å². The number of carbonyl (C=O) groups excluding carboxylic acids is 1. The van der Waals surface area contributed by atoms with Gasteiger partial charge in [0.15, 0.2) is 0 Å². The van der Waals surface area contributed by atoms with Crippen molar-refractivity contribution in [3.8, 4) is 0 Å². The molecule has 11 heteroatoms. The molecule has 2 aromatic rings. The second kappa shape index (κ2) is 7.31. The van der Waals surface area contributed by atoms with Crippen molar-refractivity contribution in [2.75, 3.05) is 13.1 Å². The molecule has 1 aliphatic rings. The summed E-state index contributed by atoms with van der Waals surface area (Å²) in [6.07, 6.45) is 5.49. The zero-order valence-electron chi connectivity index (χ0n) is 15.7. The quantitative estimate of drug-likeness (QED) is 0.776. The molecule has 0 spiro atoms. The third-order valence-electron chi connectivity index (χ3n) is 4.83. The molecular weight excluding hydrogens is 370 g/mol. The van der Waals surface area contributed by atoms with E-state index < -0.39 is 10.0 Å². The Morgan fingerprint density at radius 2 is 2.00 bits per heavy atom. The highest BCUT2D eigenvalue weighted by Gasteiger charge is 2.26. The van der Waals surface area contributed by atoms with Gasteiger partial charge in [-0.2, -0.15) is 10.2 Å². The number of amides is 2. The van der Waals surface area contributed by atoms with E-state index in [0.29, 0.717) is 24.5 Å². The summed E-state index contributed by atoms with van der Waals surface area (Å²) in [6.45, 7) is 4.85. The van der Waals surface area contributed by atoms with Gasteiger partial charge in [0.2, 0.25) is 10.0 Å². The van der Waals surface area contributed by atoms with Crippen molar-refractivity contribution in [1.29, 1.82) is 0 Å². The molecule has 0 atom stereocenters. The summed E-state index contributed by atoms with van der Waals surface area (Å²) in [4.78, 5) is 14.2. The van der Waals surface area contributed by atoms with E-state index in [4.69, 9.17) is 5.14 Å². The number of nitrogens with zero attached hydrogens (tertiary/aromatic N) is 5. The molecular formula is C16H25N7O3S. The number of rotatable bonds is 4. The molecule has 3 heterocycles. The number of aryl methyl sites for hydroxylation is 3. The van der Waals surface area contributed by atoms with Gasteiger partial charge in [-0.05, 0) is 32.3 Å². The molecule has 148 valence electrons. The van der Waals surface area contributed by atoms with Crippen LogP contribution in [-0.2, 0) is 23.6 Å². The van der Waals surface area contributed by atoms with Crippen LogP contribution >= 0.6 is 0 Å². The van der Waals surface area contributed by atoms with Crippen molar-refractivity contribution in [2.45, 2.75) is 44.2 Å². The van der Waals surface area contributed by atoms with Crippen molar-refractivity contribution >= 4 is 16.1 Å². The molecule has 0 aromatic carbocycles. The van der Waals surface area contributed by atoms with E-state index in [0.717, 1.165) is 18.4 Å². The predicted molar refractivity (Wildman–Crippen MR) is 98.4 cm³/mol. The lowest BCUT2D eigenvalue weighted by atomic mass is 10.1. The Bertz CT molecular complexity index is 939. The van der Waals surface area contributed by atoms with Crippen LogP contribution in [0.15, 0.2) is 17.3 Å². The van der Waals surface area contributed by atoms with E-state index in [-0.39, 0.29) is 23.5 Å². The topological polar surface area (TPSA) is 128 Å². The number of piperidine rings is 1. The Kier molecular flexibility index (Phi) is 5.24. The summed E-state index contributed by atoms with van der Waals surface area (Å²) >= 11 is 0. The maximum atomic E-state index is 12.5. The first kappa shape index (κ1) is 19.4. The number of aromatic nitrogens is 4. The lowest BCUT2D eigenvalue weighted by molar-refractivity contribution is 0.168. The van der Waals surface area contributed by atoms with Crippen LogP contribution in [0.5, 0.6) is 0 Å². The second-order valence-electron chi connectivity index (χ2n) is 6.90. The predicted octanol–water partition coefficient (Wildman–Crippen LogP) is 0.428. The Labute approximate surface area is 158 Å². The third kappa shape index (κ3) is 4.14. The molecule has 3 rings (SSSR count). The van der Waals surface area contributed by atoms with Gasteiger partial charge in [0.05, 0.1) is 30.2 Å². The highest BCUT2D eigenvalue weighted by Crippen LogP contribution is 2.22. The fourth-order valence-corrected chi connectivity index (χ4v) is 4.47. The molecule has 0 saturated carbocycles. The van der Waals surface area contributed by atoms with Crippen LogP contribution in [0.25, 0.3) is 0 Å². The Hall–Kier alpha value is -2.40. The van der Waals surface area contributed by atoms with Crippen LogP contribution in [-0.4, -0.2) is 52.0 Å². The van der Waals surface area contributed by atoms with Crippen LogP contribution in [0.2, 0.25) is 0 Å². The average molecular weight is 395 g/mol. The molecule has 1 saturated heterocycles. The number of hydrogen-bond acceptors (Lipinski definition) is 5. The lowest BCUT2D eigenvalue weighted by Gasteiger charge is -2.32. The van der Waals surface area contributed by atoms with Crippen molar-refractivity contribution in [3.05, 3.63) is 29.3 Å². The van der Waals surface area contributed by atoms with Crippen LogP contribution in [0.3, 0.4) is 0 Å². The van der Waals surface area contributed by atoms with Gasteiger partial charge in [0.25, 0.3) is 0 Å². The average Bonchev–Trinajstić information content (AvgIpc) is 3.15. The van der Waals surface area contributed by atoms with Crippen LogP contribution in [0.1, 0.15) is 35.8 Å². The van der Waals surface area contributed by atoms with Crippen LogP contribution < -0.4 is 10.5 Å². The van der Waals surface area contributed by atoms with E-state index in [9.17, 15) is 13.2 Å². The van der Waals surface area contributed by atoms with Gasteiger partial charge < -0.3 is 10.2 Å². The van der Waals surface area contributed by atoms with Gasteiger partial charge in [-0.1, -0.05) is 0 Å². The number of sulfonamides is 1. The molecule has 0 radical (unpaired) electrons. The molecule has 1 aliphatic heterocycles. The number of urea groups is 1. The van der Waals surface area contributed by atoms with Crippen molar-refractivity contribution in [2.24, 2.45) is 12.2 Å². The normalized spacial score (nSPS) is 15.9. The van der Waals surface area contributed by atoms with Gasteiger partial charge in [0, 0.05) is 26.3 Å². The standard InChI is InChI=1S/C16H25N7O3S/c1-11-8-19-23(10-11)13-4-6-22(7-5-13)16(24)18-9-14-15(27(17,25)26)12(2)20-21(14)3/h8,10,13H,4-7,9H2,1-3H3,(H,18,24)(H2,17,25,26). The zero-order chi connectivity index (χ0) is 19.8. The number of nitrogens with one attached hydrogen (secondary N) is 1. The number of primary sulfonamides is 1. The molecule has 10 nitrogen and oxygen atoms in total. The fourth-order valence-electron chi connectivity index (χ4n) is 3.49. The smallest absolute Gasteiger partial charge is 0.317 e. The summed E-state index contributed by atoms with van der Waals surface area (Å²) in [7, 11) is -2.28. The molecule has 0 aliphatic carbocycles. The summed E-state index contributed by atoms with van der Waals surface area (Å²) in [5.74, 6) is 0. The first-order valence-electron chi connectivity index (χ1n) is 8.75. The summed E-state index contributed by atoms with van der Waals surface area (Å²) in [5.41, 5.74) is 1.80. The minimum absolute atomic E-state index is 0.0296. The van der Waals surface area contributed by atoms with Gasteiger partial charge in [0.1, 0.15) is 4.90 Å². The fraction of sp³-hybridized carbons (Fsp3) is 0.562. The lowest BCUT2D eigenvalue weighted by Crippen LogP contribution is -2.44. The van der Waals surface area contributed by atoms with Gasteiger partial charge in [-0.15, -0.1) is 0 Å². The molecule has 1 fully saturated rings. The van der Waals surface area contributed by atoms with E-state index in [2.05, 4.69) is 15.5 Å².